The van der Waals surface area contributed by atoms with Crippen LogP contribution in [0.2, 0.25) is 0 Å². The number of benzene rings is 2. The van der Waals surface area contributed by atoms with Crippen molar-refractivity contribution in [3.8, 4) is 0 Å². The van der Waals surface area contributed by atoms with E-state index in [1.165, 1.54) is 6.92 Å². The quantitative estimate of drug-likeness (QED) is 0.598. The van der Waals surface area contributed by atoms with Crippen molar-refractivity contribution in [3.63, 3.8) is 0 Å². The van der Waals surface area contributed by atoms with E-state index >= 15 is 0 Å². The van der Waals surface area contributed by atoms with E-state index in [0.717, 1.165) is 16.9 Å². The SMILES string of the molecule is CC(=O)c1ccc(NC(=S)Nc2ccccc2CO)cc1. The summed E-state index contributed by atoms with van der Waals surface area (Å²) >= 11 is 5.24. The lowest BCUT2D eigenvalue weighted by Gasteiger charge is -2.13. The first-order valence-corrected chi connectivity index (χ1v) is 6.88. The summed E-state index contributed by atoms with van der Waals surface area (Å²) in [5.74, 6) is 0.0270. The number of aliphatic hydroxyl groups is 1. The van der Waals surface area contributed by atoms with Gasteiger partial charge in [0.05, 0.1) is 6.61 Å². The third-order valence-electron chi connectivity index (χ3n) is 2.99. The molecule has 0 fully saturated rings. The van der Waals surface area contributed by atoms with Crippen molar-refractivity contribution in [2.24, 2.45) is 0 Å². The van der Waals surface area contributed by atoms with E-state index in [2.05, 4.69) is 10.6 Å². The monoisotopic (exact) mass is 300 g/mol. The average Bonchev–Trinajstić information content (AvgIpc) is 2.48. The van der Waals surface area contributed by atoms with Crippen LogP contribution in [0.3, 0.4) is 0 Å². The van der Waals surface area contributed by atoms with Crippen LogP contribution >= 0.6 is 12.2 Å². The topological polar surface area (TPSA) is 61.4 Å². The molecule has 2 rings (SSSR count). The van der Waals surface area contributed by atoms with Gasteiger partial charge in [0.1, 0.15) is 0 Å². The molecule has 3 N–H and O–H groups in total. The smallest absolute Gasteiger partial charge is 0.175 e. The highest BCUT2D eigenvalue weighted by molar-refractivity contribution is 7.80. The number of anilines is 2. The molecule has 0 aliphatic carbocycles. The minimum absolute atomic E-state index is 0.0270. The number of ketones is 1. The number of hydrogen-bond donors (Lipinski definition) is 3. The summed E-state index contributed by atoms with van der Waals surface area (Å²) in [4.78, 5) is 11.2. The number of carbonyl (C=O) groups excluding carboxylic acids is 1. The molecule has 21 heavy (non-hydrogen) atoms. The maximum Gasteiger partial charge on any atom is 0.175 e. The largest absolute Gasteiger partial charge is 0.392 e. The van der Waals surface area contributed by atoms with Crippen molar-refractivity contribution in [3.05, 3.63) is 59.7 Å². The van der Waals surface area contributed by atoms with Crippen LogP contribution in [0.25, 0.3) is 0 Å². The van der Waals surface area contributed by atoms with Crippen molar-refractivity contribution in [2.45, 2.75) is 13.5 Å². The van der Waals surface area contributed by atoms with Crippen LogP contribution in [0, 0.1) is 0 Å². The van der Waals surface area contributed by atoms with Crippen LogP contribution in [-0.4, -0.2) is 16.0 Å². The summed E-state index contributed by atoms with van der Waals surface area (Å²) < 4.78 is 0. The molecule has 108 valence electrons. The third kappa shape index (κ3) is 4.11. The molecule has 2 aromatic rings. The number of para-hydroxylation sites is 1. The summed E-state index contributed by atoms with van der Waals surface area (Å²) in [7, 11) is 0. The van der Waals surface area contributed by atoms with E-state index in [0.29, 0.717) is 10.7 Å². The molecule has 0 aromatic heterocycles. The summed E-state index contributed by atoms with van der Waals surface area (Å²) in [6, 6.07) is 14.5. The normalized spacial score (nSPS) is 10.0. The molecule has 5 heteroatoms. The first kappa shape index (κ1) is 15.2. The summed E-state index contributed by atoms with van der Waals surface area (Å²) in [5, 5.41) is 15.8. The zero-order valence-corrected chi connectivity index (χ0v) is 12.4. The van der Waals surface area contributed by atoms with Gasteiger partial charge in [0.15, 0.2) is 10.9 Å². The summed E-state index contributed by atoms with van der Waals surface area (Å²) in [6.45, 7) is 1.47. The molecule has 0 radical (unpaired) electrons. The van der Waals surface area contributed by atoms with E-state index in [4.69, 9.17) is 12.2 Å². The van der Waals surface area contributed by atoms with Gasteiger partial charge in [0.25, 0.3) is 0 Å². The molecule has 0 bridgehead atoms. The molecule has 2 aromatic carbocycles. The zero-order chi connectivity index (χ0) is 15.2. The van der Waals surface area contributed by atoms with Gasteiger partial charge < -0.3 is 15.7 Å². The van der Waals surface area contributed by atoms with Crippen LogP contribution in [-0.2, 0) is 6.61 Å². The van der Waals surface area contributed by atoms with Gasteiger partial charge in [-0.3, -0.25) is 4.79 Å². The Hall–Kier alpha value is -2.24. The van der Waals surface area contributed by atoms with Crippen molar-refractivity contribution >= 4 is 34.5 Å². The molecule has 0 aliphatic heterocycles. The maximum absolute atomic E-state index is 11.2. The molecular formula is C16H16N2O2S. The van der Waals surface area contributed by atoms with Crippen LogP contribution < -0.4 is 10.6 Å². The highest BCUT2D eigenvalue weighted by Gasteiger charge is 2.04. The van der Waals surface area contributed by atoms with Gasteiger partial charge >= 0.3 is 0 Å². The van der Waals surface area contributed by atoms with Gasteiger partial charge in [0.2, 0.25) is 0 Å². The minimum Gasteiger partial charge on any atom is -0.392 e. The number of carbonyl (C=O) groups is 1. The first-order valence-electron chi connectivity index (χ1n) is 6.48. The number of hydrogen-bond acceptors (Lipinski definition) is 3. The number of rotatable bonds is 4. The van der Waals surface area contributed by atoms with Gasteiger partial charge in [-0.15, -0.1) is 0 Å². The fraction of sp³-hybridized carbons (Fsp3) is 0.125. The van der Waals surface area contributed by atoms with Crippen LogP contribution in [0.1, 0.15) is 22.8 Å². The Kier molecular flexibility index (Phi) is 5.03. The summed E-state index contributed by atoms with van der Waals surface area (Å²) in [5.41, 5.74) is 2.98. The molecular weight excluding hydrogens is 284 g/mol. The van der Waals surface area contributed by atoms with Crippen LogP contribution in [0.4, 0.5) is 11.4 Å². The van der Waals surface area contributed by atoms with Crippen molar-refractivity contribution in [1.82, 2.24) is 0 Å². The number of aliphatic hydroxyl groups excluding tert-OH is 1. The molecule has 0 saturated carbocycles. The first-order chi connectivity index (χ1) is 10.1. The Morgan fingerprint density at radius 2 is 1.76 bits per heavy atom. The van der Waals surface area contributed by atoms with Gasteiger partial charge in [-0.1, -0.05) is 18.2 Å². The highest BCUT2D eigenvalue weighted by Crippen LogP contribution is 2.16. The van der Waals surface area contributed by atoms with E-state index in [1.807, 2.05) is 24.3 Å². The van der Waals surface area contributed by atoms with Gasteiger partial charge in [-0.05, 0) is 49.5 Å². The van der Waals surface area contributed by atoms with Crippen molar-refractivity contribution in [2.75, 3.05) is 10.6 Å². The maximum atomic E-state index is 11.2. The second-order valence-corrected chi connectivity index (χ2v) is 4.94. The molecule has 0 heterocycles. The van der Waals surface area contributed by atoms with E-state index < -0.39 is 0 Å². The molecule has 0 unspecified atom stereocenters. The molecule has 0 aliphatic rings. The lowest BCUT2D eigenvalue weighted by molar-refractivity contribution is 0.101. The Labute approximate surface area is 128 Å². The van der Waals surface area contributed by atoms with Crippen LogP contribution in [0.15, 0.2) is 48.5 Å². The van der Waals surface area contributed by atoms with Gasteiger partial charge in [0, 0.05) is 22.5 Å². The second-order valence-electron chi connectivity index (χ2n) is 4.53. The van der Waals surface area contributed by atoms with Gasteiger partial charge in [-0.2, -0.15) is 0 Å². The predicted molar refractivity (Wildman–Crippen MR) is 88.7 cm³/mol. The lowest BCUT2D eigenvalue weighted by Crippen LogP contribution is -2.19. The van der Waals surface area contributed by atoms with Crippen LogP contribution in [0.5, 0.6) is 0 Å². The Bertz CT molecular complexity index is 654. The average molecular weight is 300 g/mol. The fourth-order valence-corrected chi connectivity index (χ4v) is 2.08. The Morgan fingerprint density at radius 1 is 1.10 bits per heavy atom. The molecule has 0 saturated heterocycles. The standard InChI is InChI=1S/C16H16N2O2S/c1-11(20)12-6-8-14(9-7-12)17-16(21)18-15-5-3-2-4-13(15)10-19/h2-9,19H,10H2,1H3,(H2,17,18,21). The zero-order valence-electron chi connectivity index (χ0n) is 11.6. The van der Waals surface area contributed by atoms with E-state index in [-0.39, 0.29) is 12.4 Å². The Morgan fingerprint density at radius 3 is 2.38 bits per heavy atom. The molecule has 0 amide bonds. The molecule has 4 nitrogen and oxygen atoms in total. The number of nitrogens with one attached hydrogen (secondary N) is 2. The molecule has 0 spiro atoms. The number of thiocarbonyl (C=S) groups is 1. The summed E-state index contributed by atoms with van der Waals surface area (Å²) in [6.07, 6.45) is 0. The Balaban J connectivity index is 2.03. The van der Waals surface area contributed by atoms with Gasteiger partial charge in [-0.25, -0.2) is 0 Å². The van der Waals surface area contributed by atoms with Crippen molar-refractivity contribution < 1.29 is 9.90 Å². The predicted octanol–water partition coefficient (Wildman–Crippen LogP) is 3.19. The van der Waals surface area contributed by atoms with E-state index in [9.17, 15) is 9.90 Å². The highest BCUT2D eigenvalue weighted by atomic mass is 32.1. The minimum atomic E-state index is -0.0565. The molecule has 0 atom stereocenters. The van der Waals surface area contributed by atoms with E-state index in [1.54, 1.807) is 24.3 Å². The fourth-order valence-electron chi connectivity index (χ4n) is 1.85. The second kappa shape index (κ2) is 6.97. The third-order valence-corrected chi connectivity index (χ3v) is 3.19. The number of Topliss-reactive ketones (excluding diaryl/α,β-unsaturated/α-hetero) is 1. The lowest BCUT2D eigenvalue weighted by atomic mass is 10.1. The van der Waals surface area contributed by atoms with Crippen molar-refractivity contribution in [1.29, 1.82) is 0 Å².